The van der Waals surface area contributed by atoms with Gasteiger partial charge < -0.3 is 15.1 Å². The molecule has 0 spiro atoms. The molecule has 1 fully saturated rings. The zero-order valence-electron chi connectivity index (χ0n) is 18.8. The van der Waals surface area contributed by atoms with Gasteiger partial charge in [-0.25, -0.2) is 0 Å². The monoisotopic (exact) mass is 453 g/mol. The summed E-state index contributed by atoms with van der Waals surface area (Å²) in [7, 11) is 0. The van der Waals surface area contributed by atoms with Crippen LogP contribution in [0.25, 0.3) is 0 Å². The second-order valence-corrected chi connectivity index (χ2v) is 9.98. The van der Waals surface area contributed by atoms with Gasteiger partial charge in [0.1, 0.15) is 0 Å². The van der Waals surface area contributed by atoms with Gasteiger partial charge in [-0.3, -0.25) is 14.4 Å². The van der Waals surface area contributed by atoms with Crippen molar-refractivity contribution in [1.29, 1.82) is 0 Å². The van der Waals surface area contributed by atoms with Gasteiger partial charge in [0.2, 0.25) is 11.8 Å². The van der Waals surface area contributed by atoms with Gasteiger partial charge in [0.15, 0.2) is 0 Å². The molecule has 1 N–H and O–H groups in total. The Balaban J connectivity index is 1.57. The zero-order chi connectivity index (χ0) is 22.7. The Bertz CT molecular complexity index is 973. The maximum atomic E-state index is 13.5. The van der Waals surface area contributed by atoms with Gasteiger partial charge in [-0.05, 0) is 41.8 Å². The van der Waals surface area contributed by atoms with Gasteiger partial charge in [0.05, 0.1) is 12.0 Å². The second-order valence-electron chi connectivity index (χ2n) is 9.01. The quantitative estimate of drug-likeness (QED) is 0.618. The molecule has 0 saturated carbocycles. The third kappa shape index (κ3) is 4.58. The Kier molecular flexibility index (Phi) is 6.94. The Hall–Kier alpha value is -2.67. The highest BCUT2D eigenvalue weighted by Crippen LogP contribution is 2.44. The smallest absolute Gasteiger partial charge is 0.254 e. The Labute approximate surface area is 193 Å². The highest BCUT2D eigenvalue weighted by atomic mass is 32.1. The lowest BCUT2D eigenvalue weighted by Gasteiger charge is -2.42. The Morgan fingerprint density at radius 3 is 2.69 bits per heavy atom. The van der Waals surface area contributed by atoms with Crippen LogP contribution in [0.15, 0.2) is 41.8 Å². The van der Waals surface area contributed by atoms with E-state index in [4.69, 9.17) is 0 Å². The minimum atomic E-state index is -0.463. The third-order valence-corrected chi connectivity index (χ3v) is 7.14. The maximum Gasteiger partial charge on any atom is 0.254 e. The lowest BCUT2D eigenvalue weighted by molar-refractivity contribution is -0.127. The molecule has 7 heteroatoms. The zero-order valence-corrected chi connectivity index (χ0v) is 19.6. The molecule has 3 amide bonds. The van der Waals surface area contributed by atoms with Crippen LogP contribution < -0.4 is 5.32 Å². The number of hydrogen-bond acceptors (Lipinski definition) is 4. The van der Waals surface area contributed by atoms with Crippen LogP contribution in [0.2, 0.25) is 0 Å². The number of benzene rings is 1. The molecule has 170 valence electrons. The summed E-state index contributed by atoms with van der Waals surface area (Å²) < 4.78 is 0. The number of hydrogen-bond donors (Lipinski definition) is 1. The van der Waals surface area contributed by atoms with Crippen molar-refractivity contribution < 1.29 is 14.4 Å². The predicted octanol–water partition coefficient (Wildman–Crippen LogP) is 3.81. The van der Waals surface area contributed by atoms with E-state index >= 15 is 0 Å². The topological polar surface area (TPSA) is 69.7 Å². The molecular formula is C25H31N3O3S. The van der Waals surface area contributed by atoms with E-state index in [1.807, 2.05) is 51.6 Å². The van der Waals surface area contributed by atoms with Gasteiger partial charge in [-0.15, -0.1) is 11.3 Å². The number of rotatable bonds is 8. The van der Waals surface area contributed by atoms with Gasteiger partial charge in [0.25, 0.3) is 5.91 Å². The number of carbonyl (C=O) groups is 3. The summed E-state index contributed by atoms with van der Waals surface area (Å²) in [5.41, 5.74) is 1.41. The molecule has 1 aromatic heterocycles. The normalized spacial score (nSPS) is 20.7. The SMILES string of the molecule is CC(C)CN1C(=O)c2ccccc2[C@H](C(=O)NCCCN2CCCC2=O)[C@H]1c1cccs1. The number of fused-ring (bicyclic) bond motifs is 1. The molecule has 32 heavy (non-hydrogen) atoms. The van der Waals surface area contributed by atoms with Crippen LogP contribution in [-0.2, 0) is 9.59 Å². The summed E-state index contributed by atoms with van der Waals surface area (Å²) in [6.07, 6.45) is 2.28. The van der Waals surface area contributed by atoms with Crippen molar-refractivity contribution in [3.63, 3.8) is 0 Å². The van der Waals surface area contributed by atoms with Crippen LogP contribution in [0.4, 0.5) is 0 Å². The first-order valence-corrected chi connectivity index (χ1v) is 12.3. The fourth-order valence-electron chi connectivity index (χ4n) is 4.78. The number of likely N-dealkylation sites (tertiary alicyclic amines) is 1. The van der Waals surface area contributed by atoms with Gasteiger partial charge >= 0.3 is 0 Å². The van der Waals surface area contributed by atoms with Crippen molar-refractivity contribution in [2.75, 3.05) is 26.2 Å². The highest BCUT2D eigenvalue weighted by Gasteiger charge is 2.44. The Morgan fingerprint density at radius 1 is 1.19 bits per heavy atom. The van der Waals surface area contributed by atoms with Crippen LogP contribution in [-0.4, -0.2) is 53.7 Å². The minimum Gasteiger partial charge on any atom is -0.355 e. The lowest BCUT2D eigenvalue weighted by Crippen LogP contribution is -2.48. The second kappa shape index (κ2) is 9.86. The molecule has 2 aliphatic rings. The van der Waals surface area contributed by atoms with Crippen LogP contribution in [0.1, 0.15) is 65.9 Å². The molecule has 0 aliphatic carbocycles. The van der Waals surface area contributed by atoms with Crippen LogP contribution >= 0.6 is 11.3 Å². The van der Waals surface area contributed by atoms with Crippen molar-refractivity contribution in [3.8, 4) is 0 Å². The molecule has 2 aromatic rings. The third-order valence-electron chi connectivity index (χ3n) is 6.19. The summed E-state index contributed by atoms with van der Waals surface area (Å²) in [5.74, 6) is -0.0459. The molecule has 0 unspecified atom stereocenters. The molecule has 2 atom stereocenters. The minimum absolute atomic E-state index is 0.00991. The van der Waals surface area contributed by atoms with Gasteiger partial charge in [0, 0.05) is 43.0 Å². The van der Waals surface area contributed by atoms with Crippen LogP contribution in [0.5, 0.6) is 0 Å². The predicted molar refractivity (Wildman–Crippen MR) is 126 cm³/mol. The van der Waals surface area contributed by atoms with E-state index in [1.165, 1.54) is 0 Å². The van der Waals surface area contributed by atoms with E-state index in [2.05, 4.69) is 19.2 Å². The molecule has 0 bridgehead atoms. The number of nitrogens with zero attached hydrogens (tertiary/aromatic N) is 2. The molecule has 3 heterocycles. The van der Waals surface area contributed by atoms with Crippen molar-refractivity contribution in [2.24, 2.45) is 5.92 Å². The molecular weight excluding hydrogens is 422 g/mol. The van der Waals surface area contributed by atoms with Crippen molar-refractivity contribution in [3.05, 3.63) is 57.8 Å². The fourth-order valence-corrected chi connectivity index (χ4v) is 5.65. The van der Waals surface area contributed by atoms with Crippen LogP contribution in [0, 0.1) is 5.92 Å². The maximum absolute atomic E-state index is 13.5. The molecule has 2 aliphatic heterocycles. The van der Waals surface area contributed by atoms with E-state index in [9.17, 15) is 14.4 Å². The van der Waals surface area contributed by atoms with E-state index in [-0.39, 0.29) is 29.7 Å². The summed E-state index contributed by atoms with van der Waals surface area (Å²) in [4.78, 5) is 43.6. The van der Waals surface area contributed by atoms with Gasteiger partial charge in [-0.2, -0.15) is 0 Å². The summed E-state index contributed by atoms with van der Waals surface area (Å²) in [6, 6.07) is 11.2. The molecule has 1 saturated heterocycles. The van der Waals surface area contributed by atoms with Crippen molar-refractivity contribution in [2.45, 2.75) is 45.1 Å². The lowest BCUT2D eigenvalue weighted by atomic mass is 9.81. The largest absolute Gasteiger partial charge is 0.355 e. The van der Waals surface area contributed by atoms with E-state index in [1.54, 1.807) is 11.3 Å². The first kappa shape index (κ1) is 22.5. The average molecular weight is 454 g/mol. The van der Waals surface area contributed by atoms with Crippen molar-refractivity contribution in [1.82, 2.24) is 15.1 Å². The van der Waals surface area contributed by atoms with Gasteiger partial charge in [-0.1, -0.05) is 38.1 Å². The van der Waals surface area contributed by atoms with Crippen LogP contribution in [0.3, 0.4) is 0 Å². The number of thiophene rings is 1. The summed E-state index contributed by atoms with van der Waals surface area (Å²) in [6.45, 7) is 6.78. The molecule has 4 rings (SSSR count). The molecule has 1 aromatic carbocycles. The first-order valence-electron chi connectivity index (χ1n) is 11.5. The molecule has 0 radical (unpaired) electrons. The summed E-state index contributed by atoms with van der Waals surface area (Å²) >= 11 is 1.59. The molecule has 6 nitrogen and oxygen atoms in total. The number of nitrogens with one attached hydrogen (secondary N) is 1. The van der Waals surface area contributed by atoms with E-state index in [0.29, 0.717) is 31.6 Å². The average Bonchev–Trinajstić information content (AvgIpc) is 3.44. The first-order chi connectivity index (χ1) is 15.5. The highest BCUT2D eigenvalue weighted by molar-refractivity contribution is 7.10. The van der Waals surface area contributed by atoms with E-state index < -0.39 is 5.92 Å². The number of amides is 3. The van der Waals surface area contributed by atoms with Crippen molar-refractivity contribution >= 4 is 29.1 Å². The number of carbonyl (C=O) groups excluding carboxylic acids is 3. The van der Waals surface area contributed by atoms with E-state index in [0.717, 1.165) is 29.8 Å². The summed E-state index contributed by atoms with van der Waals surface area (Å²) in [5, 5.41) is 5.10. The Morgan fingerprint density at radius 2 is 2.00 bits per heavy atom. The standard InChI is InChI=1S/C25H31N3O3S/c1-17(2)16-28-23(20-10-6-15-32-20)22(18-8-3-4-9-19(18)25(28)31)24(30)26-12-7-14-27-13-5-11-21(27)29/h3-4,6,8-10,15,17,22-23H,5,7,11-14,16H2,1-2H3,(H,26,30)/t22-,23+/m0/s1. The fraction of sp³-hybridized carbons (Fsp3) is 0.480.